The van der Waals surface area contributed by atoms with Gasteiger partial charge in [0.05, 0.1) is 26.9 Å². The summed E-state index contributed by atoms with van der Waals surface area (Å²) in [6.07, 6.45) is 1.56. The van der Waals surface area contributed by atoms with Crippen molar-refractivity contribution in [2.45, 2.75) is 6.61 Å². The highest BCUT2D eigenvalue weighted by Gasteiger charge is 2.10. The van der Waals surface area contributed by atoms with E-state index in [4.69, 9.17) is 19.3 Å². The smallest absolute Gasteiger partial charge is 0.328 e. The highest BCUT2D eigenvalue weighted by atomic mass is 16.5. The molecule has 0 saturated heterocycles. The second kappa shape index (κ2) is 5.96. The highest BCUT2D eigenvalue weighted by Crippen LogP contribution is 2.25. The Balaban J connectivity index is 2.32. The summed E-state index contributed by atoms with van der Waals surface area (Å²) in [4.78, 5) is 12.0. The molecule has 0 aliphatic heterocycles. The Morgan fingerprint density at radius 2 is 1.84 bits per heavy atom. The number of aromatic nitrogens is 3. The zero-order chi connectivity index (χ0) is 13.7. The van der Waals surface area contributed by atoms with Gasteiger partial charge in [-0.3, -0.25) is 4.98 Å². The summed E-state index contributed by atoms with van der Waals surface area (Å²) in [5.41, 5.74) is 0.396. The monoisotopic (exact) mass is 263 g/mol. The maximum absolute atomic E-state index is 9.17. The maximum atomic E-state index is 9.17. The first kappa shape index (κ1) is 13.0. The van der Waals surface area contributed by atoms with Crippen LogP contribution in [0.2, 0.25) is 0 Å². The van der Waals surface area contributed by atoms with Gasteiger partial charge in [-0.2, -0.15) is 9.97 Å². The first-order valence-electron chi connectivity index (χ1n) is 5.46. The predicted octanol–water partition coefficient (Wildman–Crippen LogP) is 1.17. The van der Waals surface area contributed by atoms with E-state index in [0.29, 0.717) is 23.2 Å². The Hall–Kier alpha value is -2.41. The molecule has 7 heteroatoms. The molecule has 2 rings (SSSR count). The Morgan fingerprint density at radius 1 is 1.16 bits per heavy atom. The average molecular weight is 263 g/mol. The van der Waals surface area contributed by atoms with Crippen molar-refractivity contribution < 1.29 is 19.3 Å². The molecular weight excluding hydrogens is 250 g/mol. The molecule has 2 aromatic heterocycles. The van der Waals surface area contributed by atoms with Gasteiger partial charge in [0.25, 0.3) is 0 Å². The molecule has 0 amide bonds. The van der Waals surface area contributed by atoms with E-state index < -0.39 is 0 Å². The van der Waals surface area contributed by atoms with Crippen molar-refractivity contribution in [2.24, 2.45) is 0 Å². The number of aliphatic hydroxyl groups excluding tert-OH is 1. The molecule has 0 atom stereocenters. The third kappa shape index (κ3) is 3.08. The molecule has 0 saturated carbocycles. The minimum Gasteiger partial charge on any atom is -0.481 e. The van der Waals surface area contributed by atoms with Crippen molar-refractivity contribution in [3.63, 3.8) is 0 Å². The number of methoxy groups -OCH3 is 2. The fraction of sp³-hybridized carbons (Fsp3) is 0.250. The van der Waals surface area contributed by atoms with E-state index in [9.17, 15) is 0 Å². The molecule has 2 heterocycles. The second-order valence-electron chi connectivity index (χ2n) is 3.44. The van der Waals surface area contributed by atoms with Crippen LogP contribution in [-0.2, 0) is 6.61 Å². The van der Waals surface area contributed by atoms with Gasteiger partial charge in [0.1, 0.15) is 5.69 Å². The van der Waals surface area contributed by atoms with Crippen LogP contribution in [0.1, 0.15) is 5.69 Å². The topological polar surface area (TPSA) is 86.6 Å². The van der Waals surface area contributed by atoms with E-state index >= 15 is 0 Å². The van der Waals surface area contributed by atoms with Gasteiger partial charge in [0, 0.05) is 6.20 Å². The maximum Gasteiger partial charge on any atom is 0.328 e. The van der Waals surface area contributed by atoms with E-state index in [2.05, 4.69) is 15.0 Å². The van der Waals surface area contributed by atoms with E-state index in [1.54, 1.807) is 18.3 Å². The Labute approximate surface area is 109 Å². The standard InChI is InChI=1S/C12H13N3O4/c1-17-10-6-11(18-2)15-12(14-10)19-9-4-3-5-13-8(9)7-16/h3-6,16H,7H2,1-2H3. The molecule has 0 radical (unpaired) electrons. The molecule has 0 bridgehead atoms. The molecule has 2 aromatic rings. The summed E-state index contributed by atoms with van der Waals surface area (Å²) in [7, 11) is 2.96. The lowest BCUT2D eigenvalue weighted by Crippen LogP contribution is -2.00. The number of rotatable bonds is 5. The molecule has 0 fully saturated rings. The van der Waals surface area contributed by atoms with Crippen molar-refractivity contribution in [3.8, 4) is 23.5 Å². The van der Waals surface area contributed by atoms with Crippen molar-refractivity contribution in [1.82, 2.24) is 15.0 Å². The molecule has 0 aliphatic rings. The van der Waals surface area contributed by atoms with E-state index in [-0.39, 0.29) is 12.6 Å². The van der Waals surface area contributed by atoms with Gasteiger partial charge in [-0.1, -0.05) is 0 Å². The zero-order valence-corrected chi connectivity index (χ0v) is 10.5. The van der Waals surface area contributed by atoms with E-state index in [0.717, 1.165) is 0 Å². The lowest BCUT2D eigenvalue weighted by atomic mass is 10.3. The van der Waals surface area contributed by atoms with Crippen LogP contribution in [-0.4, -0.2) is 34.3 Å². The van der Waals surface area contributed by atoms with Crippen LogP contribution in [0.5, 0.6) is 23.5 Å². The van der Waals surface area contributed by atoms with Gasteiger partial charge < -0.3 is 19.3 Å². The van der Waals surface area contributed by atoms with Crippen LogP contribution in [0.4, 0.5) is 0 Å². The lowest BCUT2D eigenvalue weighted by molar-refractivity contribution is 0.269. The van der Waals surface area contributed by atoms with Gasteiger partial charge >= 0.3 is 6.01 Å². The van der Waals surface area contributed by atoms with Gasteiger partial charge in [-0.15, -0.1) is 0 Å². The van der Waals surface area contributed by atoms with Crippen molar-refractivity contribution >= 4 is 0 Å². The SMILES string of the molecule is COc1cc(OC)nc(Oc2cccnc2CO)n1. The van der Waals surface area contributed by atoms with Crippen molar-refractivity contribution in [2.75, 3.05) is 14.2 Å². The summed E-state index contributed by atoms with van der Waals surface area (Å²) >= 11 is 0. The summed E-state index contributed by atoms with van der Waals surface area (Å²) in [6.45, 7) is -0.239. The Morgan fingerprint density at radius 3 is 2.42 bits per heavy atom. The predicted molar refractivity (Wildman–Crippen MR) is 65.4 cm³/mol. The molecule has 0 aliphatic carbocycles. The van der Waals surface area contributed by atoms with Gasteiger partial charge in [-0.25, -0.2) is 0 Å². The van der Waals surface area contributed by atoms with Crippen molar-refractivity contribution in [3.05, 3.63) is 30.1 Å². The summed E-state index contributed by atoms with van der Waals surface area (Å²) < 4.78 is 15.5. The molecule has 100 valence electrons. The molecule has 0 spiro atoms. The summed E-state index contributed by atoms with van der Waals surface area (Å²) in [5, 5.41) is 9.17. The largest absolute Gasteiger partial charge is 0.481 e. The third-order valence-electron chi connectivity index (χ3n) is 2.28. The summed E-state index contributed by atoms with van der Waals surface area (Å²) in [6, 6.07) is 4.93. The first-order chi connectivity index (χ1) is 9.26. The minimum absolute atomic E-state index is 0.0545. The fourth-order valence-corrected chi connectivity index (χ4v) is 1.37. The normalized spacial score (nSPS) is 10.1. The van der Waals surface area contributed by atoms with E-state index in [1.165, 1.54) is 20.3 Å². The van der Waals surface area contributed by atoms with Crippen LogP contribution >= 0.6 is 0 Å². The minimum atomic E-state index is -0.239. The third-order valence-corrected chi connectivity index (χ3v) is 2.28. The molecule has 0 aromatic carbocycles. The average Bonchev–Trinajstić information content (AvgIpc) is 2.47. The number of ether oxygens (including phenoxy) is 3. The number of nitrogens with zero attached hydrogens (tertiary/aromatic N) is 3. The molecule has 19 heavy (non-hydrogen) atoms. The summed E-state index contributed by atoms with van der Waals surface area (Å²) in [5.74, 6) is 1.01. The van der Waals surface area contributed by atoms with Crippen LogP contribution < -0.4 is 14.2 Å². The Kier molecular flexibility index (Phi) is 4.09. The number of aliphatic hydroxyl groups is 1. The molecule has 1 N–H and O–H groups in total. The molecular formula is C12H13N3O4. The fourth-order valence-electron chi connectivity index (χ4n) is 1.37. The Bertz CT molecular complexity index is 540. The van der Waals surface area contributed by atoms with E-state index in [1.807, 2.05) is 0 Å². The lowest BCUT2D eigenvalue weighted by Gasteiger charge is -2.09. The van der Waals surface area contributed by atoms with Gasteiger partial charge in [0.15, 0.2) is 5.75 Å². The quantitative estimate of drug-likeness (QED) is 0.866. The van der Waals surface area contributed by atoms with Crippen LogP contribution in [0.25, 0.3) is 0 Å². The molecule has 7 nitrogen and oxygen atoms in total. The van der Waals surface area contributed by atoms with Crippen LogP contribution in [0.15, 0.2) is 24.4 Å². The molecule has 0 unspecified atom stereocenters. The van der Waals surface area contributed by atoms with Crippen molar-refractivity contribution in [1.29, 1.82) is 0 Å². The van der Waals surface area contributed by atoms with Gasteiger partial charge in [-0.05, 0) is 12.1 Å². The highest BCUT2D eigenvalue weighted by molar-refractivity contribution is 5.31. The van der Waals surface area contributed by atoms with Crippen LogP contribution in [0.3, 0.4) is 0 Å². The van der Waals surface area contributed by atoms with Gasteiger partial charge in [0.2, 0.25) is 11.8 Å². The number of hydrogen-bond acceptors (Lipinski definition) is 7. The van der Waals surface area contributed by atoms with Crippen LogP contribution in [0, 0.1) is 0 Å². The zero-order valence-electron chi connectivity index (χ0n) is 10.5. The second-order valence-corrected chi connectivity index (χ2v) is 3.44. The number of hydrogen-bond donors (Lipinski definition) is 1. The first-order valence-corrected chi connectivity index (χ1v) is 5.46. The number of pyridine rings is 1.